The van der Waals surface area contributed by atoms with Gasteiger partial charge in [0.1, 0.15) is 5.82 Å². The quantitative estimate of drug-likeness (QED) is 0.857. The molecular weight excluding hydrogens is 339 g/mol. The fourth-order valence-electron chi connectivity index (χ4n) is 4.02. The van der Waals surface area contributed by atoms with Crippen LogP contribution in [0.3, 0.4) is 0 Å². The van der Waals surface area contributed by atoms with Gasteiger partial charge in [0.25, 0.3) is 0 Å². The maximum Gasteiger partial charge on any atom is 0.222 e. The van der Waals surface area contributed by atoms with Gasteiger partial charge in [0.05, 0.1) is 0 Å². The third kappa shape index (κ3) is 5.96. The van der Waals surface area contributed by atoms with Crippen molar-refractivity contribution in [2.45, 2.75) is 44.9 Å². The molecule has 1 aromatic carbocycles. The predicted octanol–water partition coefficient (Wildman–Crippen LogP) is 3.81. The molecule has 1 N–H and O–H groups in total. The Balaban J connectivity index is 0.00000225. The largest absolute Gasteiger partial charge is 0.343 e. The minimum atomic E-state index is -0.0991. The number of amides is 1. The summed E-state index contributed by atoms with van der Waals surface area (Å²) in [5.41, 5.74) is 0.813. The topological polar surface area (TPSA) is 32.3 Å². The van der Waals surface area contributed by atoms with Crippen LogP contribution in [0.4, 0.5) is 4.39 Å². The number of halogens is 2. The molecule has 0 saturated carbocycles. The summed E-state index contributed by atoms with van der Waals surface area (Å²) >= 11 is 0. The van der Waals surface area contributed by atoms with Crippen molar-refractivity contribution < 1.29 is 9.18 Å². The van der Waals surface area contributed by atoms with Crippen molar-refractivity contribution in [2.24, 2.45) is 11.8 Å². The van der Waals surface area contributed by atoms with Gasteiger partial charge in [0.2, 0.25) is 5.91 Å². The third-order valence-electron chi connectivity index (χ3n) is 5.66. The van der Waals surface area contributed by atoms with Gasteiger partial charge in [-0.2, -0.15) is 0 Å². The second kappa shape index (κ2) is 10.1. The Morgan fingerprint density at radius 2 is 1.76 bits per heavy atom. The van der Waals surface area contributed by atoms with Crippen molar-refractivity contribution >= 4 is 18.3 Å². The summed E-state index contributed by atoms with van der Waals surface area (Å²) in [5, 5.41) is 3.37. The van der Waals surface area contributed by atoms with E-state index in [1.807, 2.05) is 17.0 Å². The molecule has 0 radical (unpaired) electrons. The second-order valence-corrected chi connectivity index (χ2v) is 7.35. The summed E-state index contributed by atoms with van der Waals surface area (Å²) in [4.78, 5) is 14.4. The number of benzene rings is 1. The number of hydrogen-bond donors (Lipinski definition) is 1. The van der Waals surface area contributed by atoms with E-state index in [0.29, 0.717) is 24.2 Å². The smallest absolute Gasteiger partial charge is 0.222 e. The van der Waals surface area contributed by atoms with E-state index in [2.05, 4.69) is 5.32 Å². The van der Waals surface area contributed by atoms with E-state index in [1.54, 1.807) is 6.07 Å². The molecule has 140 valence electrons. The van der Waals surface area contributed by atoms with E-state index in [4.69, 9.17) is 0 Å². The van der Waals surface area contributed by atoms with Crippen molar-refractivity contribution in [3.8, 4) is 0 Å². The Morgan fingerprint density at radius 1 is 1.08 bits per heavy atom. The van der Waals surface area contributed by atoms with Crippen molar-refractivity contribution in [2.75, 3.05) is 26.2 Å². The van der Waals surface area contributed by atoms with Gasteiger partial charge >= 0.3 is 0 Å². The summed E-state index contributed by atoms with van der Waals surface area (Å²) in [6, 6.07) is 7.06. The van der Waals surface area contributed by atoms with Crippen LogP contribution in [-0.2, 0) is 11.2 Å². The number of likely N-dealkylation sites (tertiary alicyclic amines) is 1. The molecule has 2 aliphatic heterocycles. The highest BCUT2D eigenvalue weighted by Gasteiger charge is 2.24. The highest BCUT2D eigenvalue weighted by Crippen LogP contribution is 2.24. The minimum absolute atomic E-state index is 0. The molecule has 3 rings (SSSR count). The van der Waals surface area contributed by atoms with Gasteiger partial charge in [-0.25, -0.2) is 4.39 Å². The Morgan fingerprint density at radius 3 is 2.44 bits per heavy atom. The Kier molecular flexibility index (Phi) is 8.17. The average Bonchev–Trinajstić information content (AvgIpc) is 2.63. The second-order valence-electron chi connectivity index (χ2n) is 7.35. The van der Waals surface area contributed by atoms with E-state index < -0.39 is 0 Å². The summed E-state index contributed by atoms with van der Waals surface area (Å²) in [6.07, 6.45) is 6.93. The molecule has 0 atom stereocenters. The molecule has 0 aromatic heterocycles. The van der Waals surface area contributed by atoms with Crippen LogP contribution in [-0.4, -0.2) is 37.0 Å². The van der Waals surface area contributed by atoms with Crippen molar-refractivity contribution in [3.63, 3.8) is 0 Å². The van der Waals surface area contributed by atoms with Crippen LogP contribution >= 0.6 is 12.4 Å². The molecule has 3 nitrogen and oxygen atoms in total. The monoisotopic (exact) mass is 368 g/mol. The summed E-state index contributed by atoms with van der Waals surface area (Å²) in [7, 11) is 0. The van der Waals surface area contributed by atoms with Crippen LogP contribution in [0.5, 0.6) is 0 Å². The van der Waals surface area contributed by atoms with Crippen LogP contribution in [0.15, 0.2) is 24.3 Å². The molecular formula is C20H30ClFN2O. The minimum Gasteiger partial charge on any atom is -0.343 e. The summed E-state index contributed by atoms with van der Waals surface area (Å²) in [6.45, 7) is 3.87. The van der Waals surface area contributed by atoms with E-state index in [0.717, 1.165) is 57.4 Å². The van der Waals surface area contributed by atoms with E-state index in [-0.39, 0.29) is 18.2 Å². The molecule has 0 spiro atoms. The molecule has 2 fully saturated rings. The number of nitrogens with one attached hydrogen (secondary N) is 1. The molecule has 5 heteroatoms. The number of piperidine rings is 2. The fraction of sp³-hybridized carbons (Fsp3) is 0.650. The zero-order valence-corrected chi connectivity index (χ0v) is 15.7. The maximum absolute atomic E-state index is 13.8. The average molecular weight is 369 g/mol. The van der Waals surface area contributed by atoms with Crippen LogP contribution < -0.4 is 5.32 Å². The van der Waals surface area contributed by atoms with E-state index >= 15 is 0 Å². The lowest BCUT2D eigenvalue weighted by Crippen LogP contribution is -2.39. The van der Waals surface area contributed by atoms with Crippen LogP contribution in [0, 0.1) is 17.7 Å². The van der Waals surface area contributed by atoms with Gasteiger partial charge in [-0.05, 0) is 75.1 Å². The molecule has 2 heterocycles. The number of carbonyl (C=O) groups is 1. The van der Waals surface area contributed by atoms with Gasteiger partial charge in [-0.1, -0.05) is 18.2 Å². The van der Waals surface area contributed by atoms with Gasteiger partial charge in [0.15, 0.2) is 0 Å². The first-order valence-corrected chi connectivity index (χ1v) is 9.44. The lowest BCUT2D eigenvalue weighted by atomic mass is 9.89. The first-order valence-electron chi connectivity index (χ1n) is 9.44. The molecule has 2 aliphatic rings. The van der Waals surface area contributed by atoms with Gasteiger partial charge in [0, 0.05) is 19.5 Å². The van der Waals surface area contributed by atoms with Gasteiger partial charge in [-0.15, -0.1) is 12.4 Å². The van der Waals surface area contributed by atoms with Crippen LogP contribution in [0.2, 0.25) is 0 Å². The summed E-state index contributed by atoms with van der Waals surface area (Å²) < 4.78 is 13.8. The number of rotatable bonds is 5. The SMILES string of the molecule is Cl.O=C(CCC1CCNCC1)N1CCC(Cc2ccccc2F)CC1. The standard InChI is InChI=1S/C20H29FN2O.ClH/c21-19-4-2-1-3-18(19)15-17-9-13-23(14-10-17)20(24)6-5-16-7-11-22-12-8-16;/h1-4,16-17,22H,5-15H2;1H. The van der Waals surface area contributed by atoms with E-state index in [9.17, 15) is 9.18 Å². The zero-order valence-electron chi connectivity index (χ0n) is 14.9. The van der Waals surface area contributed by atoms with Gasteiger partial charge in [-0.3, -0.25) is 4.79 Å². The number of carbonyl (C=O) groups excluding carboxylic acids is 1. The Labute approximate surface area is 156 Å². The number of nitrogens with zero attached hydrogens (tertiary/aromatic N) is 1. The maximum atomic E-state index is 13.8. The van der Waals surface area contributed by atoms with Crippen molar-refractivity contribution in [1.82, 2.24) is 10.2 Å². The number of hydrogen-bond acceptors (Lipinski definition) is 2. The molecule has 0 bridgehead atoms. The lowest BCUT2D eigenvalue weighted by molar-refractivity contribution is -0.132. The van der Waals surface area contributed by atoms with Crippen molar-refractivity contribution in [1.29, 1.82) is 0 Å². The highest BCUT2D eigenvalue weighted by atomic mass is 35.5. The molecule has 25 heavy (non-hydrogen) atoms. The zero-order chi connectivity index (χ0) is 16.8. The fourth-order valence-corrected chi connectivity index (χ4v) is 4.02. The normalized spacial score (nSPS) is 19.5. The van der Waals surface area contributed by atoms with Crippen LogP contribution in [0.25, 0.3) is 0 Å². The molecule has 0 aliphatic carbocycles. The summed E-state index contributed by atoms with van der Waals surface area (Å²) in [5.74, 6) is 1.43. The third-order valence-corrected chi connectivity index (χ3v) is 5.66. The Hall–Kier alpha value is -1.13. The molecule has 0 unspecified atom stereocenters. The molecule has 1 aromatic rings. The van der Waals surface area contributed by atoms with Gasteiger partial charge < -0.3 is 10.2 Å². The van der Waals surface area contributed by atoms with E-state index in [1.165, 1.54) is 18.9 Å². The lowest BCUT2D eigenvalue weighted by Gasteiger charge is -2.33. The van der Waals surface area contributed by atoms with Crippen LogP contribution in [0.1, 0.15) is 44.1 Å². The molecule has 2 saturated heterocycles. The van der Waals surface area contributed by atoms with Crippen molar-refractivity contribution in [3.05, 3.63) is 35.6 Å². The molecule has 1 amide bonds. The predicted molar refractivity (Wildman–Crippen MR) is 101 cm³/mol. The Bertz CT molecular complexity index is 540. The first kappa shape index (κ1) is 20.2. The highest BCUT2D eigenvalue weighted by molar-refractivity contribution is 5.85. The first-order chi connectivity index (χ1) is 11.7.